The average Bonchev–Trinajstić information content (AvgIpc) is 2.62. The Morgan fingerprint density at radius 3 is 2.59 bits per heavy atom. The molecule has 0 aromatic carbocycles. The lowest BCUT2D eigenvalue weighted by Gasteiger charge is -2.13. The lowest BCUT2D eigenvalue weighted by molar-refractivity contribution is 0.558. The molecule has 0 saturated heterocycles. The summed E-state index contributed by atoms with van der Waals surface area (Å²) in [6.07, 6.45) is 6.20. The summed E-state index contributed by atoms with van der Waals surface area (Å²) in [6.45, 7) is 11.0. The second-order valence-corrected chi connectivity index (χ2v) is 5.35. The number of aromatic nitrogens is 2. The molecule has 0 amide bonds. The molecular weight excluding hydrogens is 210 g/mol. The zero-order chi connectivity index (χ0) is 12.8. The molecule has 3 heteroatoms. The van der Waals surface area contributed by atoms with E-state index in [9.17, 15) is 0 Å². The number of rotatable bonds is 6. The minimum atomic E-state index is 0.565. The van der Waals surface area contributed by atoms with E-state index in [4.69, 9.17) is 0 Å². The zero-order valence-electron chi connectivity index (χ0n) is 11.7. The van der Waals surface area contributed by atoms with E-state index in [-0.39, 0.29) is 0 Å². The van der Waals surface area contributed by atoms with Crippen LogP contribution in [-0.4, -0.2) is 22.9 Å². The van der Waals surface area contributed by atoms with Crippen molar-refractivity contribution in [3.8, 4) is 0 Å². The number of nitrogens with one attached hydrogen (secondary N) is 1. The standard InChI is InChI=1S/C14H25N3/c1-11(2)7-15-9-14(12(3)4)6-13-8-16-17(5)10-13/h6,8,10-12,15H,7,9H2,1-5H3. The topological polar surface area (TPSA) is 29.9 Å². The highest BCUT2D eigenvalue weighted by Gasteiger charge is 2.04. The Morgan fingerprint density at radius 2 is 2.12 bits per heavy atom. The van der Waals surface area contributed by atoms with Crippen LogP contribution in [0.2, 0.25) is 0 Å². The summed E-state index contributed by atoms with van der Waals surface area (Å²) < 4.78 is 1.84. The van der Waals surface area contributed by atoms with Crippen molar-refractivity contribution in [2.45, 2.75) is 27.7 Å². The van der Waals surface area contributed by atoms with Crippen LogP contribution in [0.3, 0.4) is 0 Å². The maximum absolute atomic E-state index is 4.19. The number of aryl methyl sites for hydroxylation is 1. The van der Waals surface area contributed by atoms with E-state index in [2.05, 4.69) is 44.2 Å². The predicted molar refractivity (Wildman–Crippen MR) is 73.7 cm³/mol. The summed E-state index contributed by atoms with van der Waals surface area (Å²) in [6, 6.07) is 0. The van der Waals surface area contributed by atoms with Gasteiger partial charge >= 0.3 is 0 Å². The van der Waals surface area contributed by atoms with E-state index in [1.54, 1.807) is 0 Å². The highest BCUT2D eigenvalue weighted by molar-refractivity contribution is 5.51. The summed E-state index contributed by atoms with van der Waals surface area (Å²) in [5.74, 6) is 1.26. The maximum atomic E-state index is 4.19. The molecule has 0 spiro atoms. The largest absolute Gasteiger partial charge is 0.313 e. The maximum Gasteiger partial charge on any atom is 0.0562 e. The highest BCUT2D eigenvalue weighted by Crippen LogP contribution is 2.13. The number of hydrogen-bond acceptors (Lipinski definition) is 2. The fourth-order valence-electron chi connectivity index (χ4n) is 1.66. The van der Waals surface area contributed by atoms with Gasteiger partial charge in [0.2, 0.25) is 0 Å². The van der Waals surface area contributed by atoms with Crippen LogP contribution in [0, 0.1) is 11.8 Å². The van der Waals surface area contributed by atoms with E-state index in [1.165, 1.54) is 11.1 Å². The van der Waals surface area contributed by atoms with E-state index in [1.807, 2.05) is 24.1 Å². The first-order valence-corrected chi connectivity index (χ1v) is 6.39. The van der Waals surface area contributed by atoms with Crippen molar-refractivity contribution < 1.29 is 0 Å². The van der Waals surface area contributed by atoms with Crippen molar-refractivity contribution in [2.75, 3.05) is 13.1 Å². The average molecular weight is 235 g/mol. The molecule has 0 aliphatic rings. The first kappa shape index (κ1) is 14.0. The molecule has 0 aliphatic heterocycles. The monoisotopic (exact) mass is 235 g/mol. The predicted octanol–water partition coefficient (Wildman–Crippen LogP) is 2.71. The fraction of sp³-hybridized carbons (Fsp3) is 0.643. The van der Waals surface area contributed by atoms with Gasteiger partial charge in [0.1, 0.15) is 0 Å². The van der Waals surface area contributed by atoms with Crippen LogP contribution in [0.4, 0.5) is 0 Å². The fourth-order valence-corrected chi connectivity index (χ4v) is 1.66. The Bertz CT molecular complexity index is 361. The van der Waals surface area contributed by atoms with Gasteiger partial charge < -0.3 is 5.32 Å². The molecule has 0 radical (unpaired) electrons. The van der Waals surface area contributed by atoms with Crippen molar-refractivity contribution in [2.24, 2.45) is 18.9 Å². The van der Waals surface area contributed by atoms with Crippen molar-refractivity contribution in [3.05, 3.63) is 23.5 Å². The molecule has 0 atom stereocenters. The van der Waals surface area contributed by atoms with Crippen LogP contribution in [-0.2, 0) is 7.05 Å². The van der Waals surface area contributed by atoms with Gasteiger partial charge in [0, 0.05) is 25.4 Å². The third-order valence-corrected chi connectivity index (χ3v) is 2.70. The van der Waals surface area contributed by atoms with Crippen LogP contribution in [0.5, 0.6) is 0 Å². The van der Waals surface area contributed by atoms with Gasteiger partial charge in [-0.2, -0.15) is 5.10 Å². The molecule has 1 heterocycles. The SMILES string of the molecule is CC(C)CNCC(=Cc1cnn(C)c1)C(C)C. The van der Waals surface area contributed by atoms with Crippen LogP contribution >= 0.6 is 0 Å². The molecule has 0 saturated carbocycles. The molecular formula is C14H25N3. The summed E-state index contributed by atoms with van der Waals surface area (Å²) in [7, 11) is 1.95. The van der Waals surface area contributed by atoms with Crippen LogP contribution < -0.4 is 5.32 Å². The molecule has 0 bridgehead atoms. The zero-order valence-corrected chi connectivity index (χ0v) is 11.7. The molecule has 0 aliphatic carbocycles. The minimum Gasteiger partial charge on any atom is -0.313 e. The van der Waals surface area contributed by atoms with Crippen LogP contribution in [0.1, 0.15) is 33.3 Å². The number of nitrogens with zero attached hydrogens (tertiary/aromatic N) is 2. The summed E-state index contributed by atoms with van der Waals surface area (Å²) in [5.41, 5.74) is 2.61. The molecule has 0 fully saturated rings. The van der Waals surface area contributed by atoms with Gasteiger partial charge in [-0.1, -0.05) is 39.3 Å². The highest BCUT2D eigenvalue weighted by atomic mass is 15.2. The quantitative estimate of drug-likeness (QED) is 0.821. The molecule has 1 aromatic heterocycles. The third-order valence-electron chi connectivity index (χ3n) is 2.70. The second kappa shape index (κ2) is 6.60. The van der Waals surface area contributed by atoms with Gasteiger partial charge in [-0.15, -0.1) is 0 Å². The van der Waals surface area contributed by atoms with Crippen molar-refractivity contribution in [1.29, 1.82) is 0 Å². The molecule has 17 heavy (non-hydrogen) atoms. The minimum absolute atomic E-state index is 0.565. The molecule has 96 valence electrons. The summed E-state index contributed by atoms with van der Waals surface area (Å²) in [5, 5.41) is 7.69. The van der Waals surface area contributed by atoms with Gasteiger partial charge in [0.05, 0.1) is 6.20 Å². The summed E-state index contributed by atoms with van der Waals surface area (Å²) in [4.78, 5) is 0. The molecule has 1 N–H and O–H groups in total. The molecule has 0 unspecified atom stereocenters. The lowest BCUT2D eigenvalue weighted by atomic mass is 10.0. The van der Waals surface area contributed by atoms with Gasteiger partial charge in [-0.05, 0) is 18.4 Å². The smallest absolute Gasteiger partial charge is 0.0562 e. The first-order valence-electron chi connectivity index (χ1n) is 6.39. The molecule has 3 nitrogen and oxygen atoms in total. The van der Waals surface area contributed by atoms with Crippen molar-refractivity contribution in [1.82, 2.24) is 15.1 Å². The van der Waals surface area contributed by atoms with Gasteiger partial charge in [-0.3, -0.25) is 4.68 Å². The van der Waals surface area contributed by atoms with Crippen LogP contribution in [0.25, 0.3) is 6.08 Å². The van der Waals surface area contributed by atoms with Gasteiger partial charge in [0.25, 0.3) is 0 Å². The second-order valence-electron chi connectivity index (χ2n) is 5.35. The molecule has 1 aromatic rings. The Kier molecular flexibility index (Phi) is 5.42. The van der Waals surface area contributed by atoms with Crippen LogP contribution in [0.15, 0.2) is 18.0 Å². The summed E-state index contributed by atoms with van der Waals surface area (Å²) >= 11 is 0. The molecule has 1 rings (SSSR count). The normalized spacial score (nSPS) is 12.8. The van der Waals surface area contributed by atoms with E-state index >= 15 is 0 Å². The lowest BCUT2D eigenvalue weighted by Crippen LogP contribution is -2.23. The number of hydrogen-bond donors (Lipinski definition) is 1. The van der Waals surface area contributed by atoms with E-state index in [0.29, 0.717) is 11.8 Å². The Hall–Kier alpha value is -1.09. The van der Waals surface area contributed by atoms with Gasteiger partial charge in [0.15, 0.2) is 0 Å². The first-order chi connectivity index (χ1) is 7.99. The van der Waals surface area contributed by atoms with E-state index < -0.39 is 0 Å². The Morgan fingerprint density at radius 1 is 1.41 bits per heavy atom. The van der Waals surface area contributed by atoms with Crippen molar-refractivity contribution >= 4 is 6.08 Å². The third kappa shape index (κ3) is 5.18. The Balaban J connectivity index is 2.62. The Labute approximate surface area is 105 Å². The van der Waals surface area contributed by atoms with E-state index in [0.717, 1.165) is 13.1 Å². The van der Waals surface area contributed by atoms with Gasteiger partial charge in [-0.25, -0.2) is 0 Å². The van der Waals surface area contributed by atoms with Crippen molar-refractivity contribution in [3.63, 3.8) is 0 Å².